The van der Waals surface area contributed by atoms with Crippen molar-refractivity contribution < 1.29 is 0 Å². The number of fused-ring (bicyclic) bond motifs is 18. The van der Waals surface area contributed by atoms with E-state index in [1.54, 1.807) is 0 Å². The second-order valence-electron chi connectivity index (χ2n) is 38.7. The Balaban J connectivity index is 0.000000108. The minimum Gasteiger partial charge on any atom is -0.309 e. The molecule has 1 aliphatic carbocycles. The lowest BCUT2D eigenvalue weighted by atomic mass is 9.89. The number of nitrogens with zero attached hydrogens (tertiary/aromatic N) is 8. The zero-order valence-electron chi connectivity index (χ0n) is 81.8. The molecule has 1 aliphatic rings. The molecule has 0 aliphatic heterocycles. The molecule has 0 amide bonds. The zero-order chi connectivity index (χ0) is 99.1. The molecule has 21 aromatic carbocycles. The van der Waals surface area contributed by atoms with E-state index in [-0.39, 0.29) is 5.92 Å². The molecule has 8 aromatic heterocycles. The van der Waals surface area contributed by atoms with Crippen LogP contribution in [0.1, 0.15) is 22.7 Å². The van der Waals surface area contributed by atoms with E-state index in [1.165, 1.54) is 159 Å². The Morgan fingerprint density at radius 1 is 0.147 bits per heavy atom. The van der Waals surface area contributed by atoms with Crippen LogP contribution in [0.15, 0.2) is 564 Å². The first-order valence-corrected chi connectivity index (χ1v) is 51.4. The maximum atomic E-state index is 5.42. The first-order chi connectivity index (χ1) is 74.4. The summed E-state index contributed by atoms with van der Waals surface area (Å²) in [6.45, 7) is 0. The van der Waals surface area contributed by atoms with Crippen LogP contribution in [-0.2, 0) is 0 Å². The van der Waals surface area contributed by atoms with Crippen LogP contribution in [0, 0.1) is 0 Å². The summed E-state index contributed by atoms with van der Waals surface area (Å²) in [4.78, 5) is 16.2. The summed E-state index contributed by atoms with van der Waals surface area (Å²) in [5, 5.41) is 12.3. The summed E-state index contributed by atoms with van der Waals surface area (Å²) in [7, 11) is 0. The predicted molar refractivity (Wildman–Crippen MR) is 626 cm³/mol. The molecule has 702 valence electrons. The summed E-state index contributed by atoms with van der Waals surface area (Å²) in [6.07, 6.45) is 0. The minimum atomic E-state index is 0.00627. The van der Waals surface area contributed by atoms with Crippen molar-refractivity contribution in [3.8, 4) is 140 Å². The van der Waals surface area contributed by atoms with Crippen LogP contribution in [0.4, 0.5) is 0 Å². The van der Waals surface area contributed by atoms with Gasteiger partial charge in [0, 0.05) is 98.7 Å². The van der Waals surface area contributed by atoms with Crippen molar-refractivity contribution in [2.45, 2.75) is 5.92 Å². The number of benzene rings is 21. The van der Waals surface area contributed by atoms with Crippen molar-refractivity contribution in [1.29, 1.82) is 0 Å². The zero-order valence-corrected chi connectivity index (χ0v) is 81.8. The molecule has 29 aromatic rings. The molecule has 150 heavy (non-hydrogen) atoms. The van der Waals surface area contributed by atoms with Gasteiger partial charge in [0.2, 0.25) is 0 Å². The van der Waals surface area contributed by atoms with Gasteiger partial charge in [0.05, 0.1) is 83.9 Å². The topological polar surface area (TPSA) is 63.3 Å². The second-order valence-corrected chi connectivity index (χ2v) is 38.7. The molecule has 1 unspecified atom stereocenters. The van der Waals surface area contributed by atoms with Crippen molar-refractivity contribution in [1.82, 2.24) is 37.8 Å². The van der Waals surface area contributed by atoms with E-state index in [9.17, 15) is 0 Å². The highest BCUT2D eigenvalue weighted by Crippen LogP contribution is 2.52. The summed E-state index contributed by atoms with van der Waals surface area (Å²) >= 11 is 0. The van der Waals surface area contributed by atoms with Gasteiger partial charge < -0.3 is 13.7 Å². The van der Waals surface area contributed by atoms with Gasteiger partial charge in [-0.15, -0.1) is 0 Å². The first kappa shape index (κ1) is 87.8. The van der Waals surface area contributed by atoms with E-state index in [2.05, 4.69) is 587 Å². The third-order valence-corrected chi connectivity index (χ3v) is 30.1. The molecule has 0 bridgehead atoms. The molecule has 0 saturated heterocycles. The Morgan fingerprint density at radius 2 is 0.480 bits per heavy atom. The number of hydrogen-bond acceptors (Lipinski definition) is 3. The third kappa shape index (κ3) is 15.3. The fourth-order valence-electron chi connectivity index (χ4n) is 23.4. The maximum Gasteiger partial charge on any atom is 0.138 e. The molecule has 0 saturated carbocycles. The van der Waals surface area contributed by atoms with Crippen LogP contribution in [0.5, 0.6) is 0 Å². The summed E-state index contributed by atoms with van der Waals surface area (Å²) in [5.74, 6) is 1.79. The number of para-hydroxylation sites is 10. The molecule has 0 spiro atoms. The van der Waals surface area contributed by atoms with Gasteiger partial charge >= 0.3 is 0 Å². The van der Waals surface area contributed by atoms with E-state index < -0.39 is 0 Å². The van der Waals surface area contributed by atoms with E-state index in [1.807, 2.05) is 0 Å². The normalized spacial score (nSPS) is 12.2. The highest BCUT2D eigenvalue weighted by Gasteiger charge is 2.34. The average Bonchev–Trinajstić information content (AvgIpc) is 1.57. The first-order valence-electron chi connectivity index (χ1n) is 51.4. The molecule has 0 fully saturated rings. The lowest BCUT2D eigenvalue weighted by molar-refractivity contribution is 0.949. The largest absolute Gasteiger partial charge is 0.309 e. The fraction of sp³-hybridized carbons (Fsp3) is 0.00704. The summed E-state index contributed by atoms with van der Waals surface area (Å²) in [6, 6.07) is 202. The van der Waals surface area contributed by atoms with Crippen molar-refractivity contribution >= 4 is 109 Å². The molecule has 8 heterocycles. The molecule has 8 heteroatoms. The van der Waals surface area contributed by atoms with Gasteiger partial charge in [-0.05, 0) is 211 Å². The van der Waals surface area contributed by atoms with Gasteiger partial charge in [0.15, 0.2) is 0 Å². The molecule has 8 nitrogen and oxygen atoms in total. The smallest absolute Gasteiger partial charge is 0.138 e. The Morgan fingerprint density at radius 3 is 1.01 bits per heavy atom. The monoisotopic (exact) mass is 1910 g/mol. The molecule has 1 atom stereocenters. The highest BCUT2D eigenvalue weighted by molar-refractivity contribution is 6.22. The van der Waals surface area contributed by atoms with Crippen LogP contribution < -0.4 is 0 Å². The molecule has 0 N–H and O–H groups in total. The Kier molecular flexibility index (Phi) is 21.9. The van der Waals surface area contributed by atoms with Gasteiger partial charge in [-0.1, -0.05) is 431 Å². The third-order valence-electron chi connectivity index (χ3n) is 30.1. The second kappa shape index (κ2) is 37.4. The van der Waals surface area contributed by atoms with Crippen molar-refractivity contribution in [3.63, 3.8) is 0 Å². The molecule has 0 radical (unpaired) electrons. The molecule has 30 rings (SSSR count). The van der Waals surface area contributed by atoms with E-state index in [0.29, 0.717) is 0 Å². The number of aromatic nitrogens is 8. The van der Waals surface area contributed by atoms with Gasteiger partial charge in [-0.2, -0.15) is 0 Å². The Bertz CT molecular complexity index is 10100. The van der Waals surface area contributed by atoms with Gasteiger partial charge in [-0.3, -0.25) is 14.1 Å². The van der Waals surface area contributed by atoms with E-state index >= 15 is 0 Å². The van der Waals surface area contributed by atoms with Crippen molar-refractivity contribution in [2.75, 3.05) is 0 Å². The minimum absolute atomic E-state index is 0.00627. The van der Waals surface area contributed by atoms with Crippen molar-refractivity contribution in [2.24, 2.45) is 0 Å². The quantitative estimate of drug-likeness (QED) is 0.103. The lowest BCUT2D eigenvalue weighted by Crippen LogP contribution is -2.04. The van der Waals surface area contributed by atoms with Crippen LogP contribution in [0.3, 0.4) is 0 Å². The van der Waals surface area contributed by atoms with Gasteiger partial charge in [0.25, 0.3) is 0 Å². The number of rotatable bonds is 15. The van der Waals surface area contributed by atoms with E-state index in [4.69, 9.17) is 15.0 Å². The summed E-state index contributed by atoms with van der Waals surface area (Å²) in [5.41, 5.74) is 41.7. The van der Waals surface area contributed by atoms with E-state index in [0.717, 1.165) is 107 Å². The Hall–Kier alpha value is -19.9. The van der Waals surface area contributed by atoms with Gasteiger partial charge in [-0.25, -0.2) is 9.97 Å². The van der Waals surface area contributed by atoms with Crippen LogP contribution >= 0.6 is 0 Å². The summed E-state index contributed by atoms with van der Waals surface area (Å²) < 4.78 is 11.9. The fourth-order valence-corrected chi connectivity index (χ4v) is 23.4. The van der Waals surface area contributed by atoms with Crippen molar-refractivity contribution in [3.05, 3.63) is 581 Å². The Labute approximate surface area is 867 Å². The van der Waals surface area contributed by atoms with Gasteiger partial charge in [0.1, 0.15) is 11.6 Å². The SMILES string of the molecule is c1ccc(-c2cc(-c3ccccc3)nc(-n3c4ccccc4c4c(-c5cccc6c7ccccc7n(-c7ccccc7)c56)cccc43)c2)cc1.c1ccc(-c2cc(-c3ccccc3)nc(-n3c4ccccc4c4cccc(-c5ccc6c(c5)c5ccccc5n6-c5ccccc5)c43)c2)cc1.c1ccc(-c2cc(-c3ccccc3)nc(C3c4ccccc4-c4ccc(-c5ccc6c7ccccc7n(-c7ccccc7)c6c5)cc43)c2)cc1. The highest BCUT2D eigenvalue weighted by atomic mass is 15.1. The number of hydrogen-bond donors (Lipinski definition) is 0. The van der Waals surface area contributed by atoms with Crippen LogP contribution in [-0.4, -0.2) is 37.8 Å². The molecular formula is C142H94N8. The lowest BCUT2D eigenvalue weighted by Gasteiger charge is -2.18. The standard InChI is InChI=1S/C48H32N2.2C47H31N3/c1-4-14-32(15-5-1)36-29-44(33-16-6-2-7-17-33)49-45(30-36)48-42-22-11-10-20-38(42)39-26-24-34(28-43(39)48)35-25-27-41-40-21-12-13-23-46(40)50(47(41)31-35)37-18-8-3-9-19-37;1-4-15-32(16-5-1)35-30-42(33-17-6-2-7-18-33)48-46(31-35)50-44-26-13-10-21-38(44)40-24-14-23-37(47(40)50)34-27-28-45-41(29-34)39-22-11-12-25-43(39)49(45)36-19-8-3-9-20-36;1-4-16-32(17-5-1)34-30-41(33-18-6-2-7-19-33)48-45(31-34)50-43-28-13-11-23-40(43)46-37(24-15-29-44(46)50)39-26-14-25-38-36-22-10-12-27-42(36)49(47(38)39)35-20-8-3-9-21-35/h1-31,48H;2*1-31H. The van der Waals surface area contributed by atoms with Crippen LogP contribution in [0.25, 0.3) is 249 Å². The molecular weight excluding hydrogens is 1820 g/mol. The number of pyridine rings is 3. The average molecular weight is 1910 g/mol. The maximum absolute atomic E-state index is 5.42. The van der Waals surface area contributed by atoms with Crippen LogP contribution in [0.2, 0.25) is 0 Å². The predicted octanol–water partition coefficient (Wildman–Crippen LogP) is 36.9.